The largest absolute Gasteiger partial charge is 0.507 e. The Bertz CT molecular complexity index is 1160. The number of hydrogen-bond donors (Lipinski definition) is 1. The Morgan fingerprint density at radius 1 is 1.00 bits per heavy atom. The number of fused-ring (bicyclic) bond motifs is 1. The van der Waals surface area contributed by atoms with Gasteiger partial charge in [-0.05, 0) is 60.0 Å². The molecule has 28 heavy (non-hydrogen) atoms. The average molecular weight is 374 g/mol. The molecule has 3 aromatic carbocycles. The van der Waals surface area contributed by atoms with Crippen LogP contribution in [0, 0.1) is 5.82 Å². The average Bonchev–Trinajstić information content (AvgIpc) is 3.16. The summed E-state index contributed by atoms with van der Waals surface area (Å²) in [5.41, 5.74) is 2.34. The summed E-state index contributed by atoms with van der Waals surface area (Å²) in [6, 6.07) is 18.9. The van der Waals surface area contributed by atoms with Gasteiger partial charge in [0, 0.05) is 0 Å². The lowest BCUT2D eigenvalue weighted by atomic mass is 9.77. The van der Waals surface area contributed by atoms with Crippen LogP contribution < -0.4 is 4.74 Å². The van der Waals surface area contributed by atoms with Crippen LogP contribution in [0.15, 0.2) is 71.3 Å². The zero-order valence-electron chi connectivity index (χ0n) is 14.7. The van der Waals surface area contributed by atoms with E-state index in [1.54, 1.807) is 18.2 Å². The van der Waals surface area contributed by atoms with E-state index in [0.717, 1.165) is 17.5 Å². The second-order valence-corrected chi connectivity index (χ2v) is 6.65. The van der Waals surface area contributed by atoms with E-state index < -0.39 is 0 Å². The molecule has 4 aromatic rings. The van der Waals surface area contributed by atoms with Gasteiger partial charge in [-0.1, -0.05) is 29.4 Å². The van der Waals surface area contributed by atoms with Gasteiger partial charge in [0.25, 0.3) is 5.89 Å². The SMILES string of the molecule is Oc1ccc(Oc2ccccc2)cc1-c1nc(C2Cc3ccc(F)cc32)no1. The molecular formula is C22H15FN2O3. The van der Waals surface area contributed by atoms with Crippen LogP contribution in [-0.2, 0) is 6.42 Å². The van der Waals surface area contributed by atoms with Crippen molar-refractivity contribution >= 4 is 0 Å². The minimum absolute atomic E-state index is 0.00988. The van der Waals surface area contributed by atoms with Gasteiger partial charge in [0.2, 0.25) is 0 Å². The fourth-order valence-electron chi connectivity index (χ4n) is 3.37. The van der Waals surface area contributed by atoms with Gasteiger partial charge in [-0.2, -0.15) is 4.98 Å². The van der Waals surface area contributed by atoms with Crippen molar-refractivity contribution in [1.29, 1.82) is 0 Å². The van der Waals surface area contributed by atoms with E-state index in [2.05, 4.69) is 10.1 Å². The summed E-state index contributed by atoms with van der Waals surface area (Å²) in [4.78, 5) is 4.42. The normalized spacial score (nSPS) is 15.0. The number of aromatic nitrogens is 2. The summed E-state index contributed by atoms with van der Waals surface area (Å²) in [5.74, 6) is 1.51. The first-order valence-electron chi connectivity index (χ1n) is 8.85. The molecule has 1 heterocycles. The maximum Gasteiger partial charge on any atom is 0.261 e. The van der Waals surface area contributed by atoms with Crippen LogP contribution in [0.2, 0.25) is 0 Å². The number of benzene rings is 3. The minimum atomic E-state index is -0.282. The van der Waals surface area contributed by atoms with Gasteiger partial charge in [-0.15, -0.1) is 0 Å². The van der Waals surface area contributed by atoms with Crippen LogP contribution in [0.5, 0.6) is 17.2 Å². The molecule has 0 saturated carbocycles. The van der Waals surface area contributed by atoms with Crippen molar-refractivity contribution in [3.05, 3.63) is 89.5 Å². The van der Waals surface area contributed by atoms with Crippen LogP contribution in [0.1, 0.15) is 22.9 Å². The molecule has 0 aliphatic heterocycles. The molecule has 1 unspecified atom stereocenters. The number of rotatable bonds is 4. The zero-order valence-corrected chi connectivity index (χ0v) is 14.7. The highest BCUT2D eigenvalue weighted by molar-refractivity contribution is 5.65. The van der Waals surface area contributed by atoms with E-state index in [-0.39, 0.29) is 23.4 Å². The molecule has 0 amide bonds. The number of phenols is 1. The van der Waals surface area contributed by atoms with Crippen molar-refractivity contribution in [3.63, 3.8) is 0 Å². The lowest BCUT2D eigenvalue weighted by Gasteiger charge is -2.27. The van der Waals surface area contributed by atoms with Crippen molar-refractivity contribution < 1.29 is 18.8 Å². The number of halogens is 1. The molecule has 0 fully saturated rings. The second-order valence-electron chi connectivity index (χ2n) is 6.65. The predicted octanol–water partition coefficient (Wildman–Crippen LogP) is 5.06. The van der Waals surface area contributed by atoms with Crippen LogP contribution in [0.3, 0.4) is 0 Å². The summed E-state index contributed by atoms with van der Waals surface area (Å²) in [6.07, 6.45) is 0.734. The van der Waals surface area contributed by atoms with Crippen molar-refractivity contribution in [2.45, 2.75) is 12.3 Å². The molecule has 0 radical (unpaired) electrons. The van der Waals surface area contributed by atoms with Gasteiger partial charge in [-0.3, -0.25) is 0 Å². The lowest BCUT2D eigenvalue weighted by molar-refractivity contribution is 0.411. The van der Waals surface area contributed by atoms with Gasteiger partial charge in [0.05, 0.1) is 11.5 Å². The number of phenolic OH excluding ortho intramolecular Hbond substituents is 1. The molecule has 5 nitrogen and oxygen atoms in total. The molecule has 138 valence electrons. The van der Waals surface area contributed by atoms with E-state index in [0.29, 0.717) is 22.9 Å². The highest BCUT2D eigenvalue weighted by Crippen LogP contribution is 2.40. The monoisotopic (exact) mass is 374 g/mol. The van der Waals surface area contributed by atoms with Crippen LogP contribution in [-0.4, -0.2) is 15.2 Å². The molecule has 0 saturated heterocycles. The molecule has 6 heteroatoms. The fourth-order valence-corrected chi connectivity index (χ4v) is 3.37. The maximum atomic E-state index is 13.5. The Labute approximate surface area is 160 Å². The molecule has 0 bridgehead atoms. The standard InChI is InChI=1S/C22H15FN2O3/c23-14-7-6-13-10-18(17(13)11-14)21-24-22(28-25-21)19-12-16(8-9-20(19)26)27-15-4-2-1-3-5-15/h1-9,11-12,18,26H,10H2. The van der Waals surface area contributed by atoms with Gasteiger partial charge in [-0.25, -0.2) is 4.39 Å². The smallest absolute Gasteiger partial charge is 0.261 e. The van der Waals surface area contributed by atoms with E-state index in [9.17, 15) is 9.50 Å². The second kappa shape index (κ2) is 6.49. The summed E-state index contributed by atoms with van der Waals surface area (Å²) in [6.45, 7) is 0. The molecule has 5 rings (SSSR count). The fraction of sp³-hybridized carbons (Fsp3) is 0.0909. The van der Waals surface area contributed by atoms with Crippen LogP contribution >= 0.6 is 0 Å². The Balaban J connectivity index is 1.44. The first kappa shape index (κ1) is 16.5. The number of nitrogens with zero attached hydrogens (tertiary/aromatic N) is 2. The van der Waals surface area contributed by atoms with E-state index in [1.807, 2.05) is 30.3 Å². The quantitative estimate of drug-likeness (QED) is 0.541. The maximum absolute atomic E-state index is 13.5. The molecule has 1 atom stereocenters. The van der Waals surface area contributed by atoms with Crippen molar-refractivity contribution in [2.75, 3.05) is 0 Å². The summed E-state index contributed by atoms with van der Waals surface area (Å²) < 4.78 is 24.7. The predicted molar refractivity (Wildman–Crippen MR) is 99.9 cm³/mol. The number of para-hydroxylation sites is 1. The minimum Gasteiger partial charge on any atom is -0.507 e. The highest BCUT2D eigenvalue weighted by Gasteiger charge is 2.32. The molecule has 1 aliphatic carbocycles. The first-order chi connectivity index (χ1) is 13.7. The van der Waals surface area contributed by atoms with Crippen molar-refractivity contribution in [1.82, 2.24) is 10.1 Å². The van der Waals surface area contributed by atoms with Crippen LogP contribution in [0.4, 0.5) is 4.39 Å². The van der Waals surface area contributed by atoms with Crippen molar-refractivity contribution in [3.8, 4) is 28.7 Å². The molecule has 1 N–H and O–H groups in total. The third-order valence-electron chi connectivity index (χ3n) is 4.84. The van der Waals surface area contributed by atoms with Gasteiger partial charge < -0.3 is 14.4 Å². The topological polar surface area (TPSA) is 68.4 Å². The Kier molecular flexibility index (Phi) is 3.83. The zero-order chi connectivity index (χ0) is 19.1. The molecule has 0 spiro atoms. The number of ether oxygens (including phenoxy) is 1. The Morgan fingerprint density at radius 3 is 2.71 bits per heavy atom. The highest BCUT2D eigenvalue weighted by atomic mass is 19.1. The third kappa shape index (κ3) is 2.89. The Hall–Kier alpha value is -3.67. The molecule has 1 aliphatic rings. The third-order valence-corrected chi connectivity index (χ3v) is 4.84. The summed E-state index contributed by atoms with van der Waals surface area (Å²) in [7, 11) is 0. The van der Waals surface area contributed by atoms with Gasteiger partial charge >= 0.3 is 0 Å². The van der Waals surface area contributed by atoms with E-state index in [1.165, 1.54) is 18.2 Å². The molecule has 1 aromatic heterocycles. The summed E-state index contributed by atoms with van der Waals surface area (Å²) >= 11 is 0. The van der Waals surface area contributed by atoms with E-state index in [4.69, 9.17) is 9.26 Å². The van der Waals surface area contributed by atoms with E-state index >= 15 is 0 Å². The lowest BCUT2D eigenvalue weighted by Crippen LogP contribution is -2.19. The van der Waals surface area contributed by atoms with Gasteiger partial charge in [0.1, 0.15) is 23.1 Å². The van der Waals surface area contributed by atoms with Crippen molar-refractivity contribution in [2.24, 2.45) is 0 Å². The van der Waals surface area contributed by atoms with Gasteiger partial charge in [0.15, 0.2) is 5.82 Å². The first-order valence-corrected chi connectivity index (χ1v) is 8.85. The molecular weight excluding hydrogens is 359 g/mol. The number of hydrogen-bond acceptors (Lipinski definition) is 5. The summed E-state index contributed by atoms with van der Waals surface area (Å²) in [5, 5.41) is 14.3. The van der Waals surface area contributed by atoms with Crippen LogP contribution in [0.25, 0.3) is 11.5 Å². The Morgan fingerprint density at radius 2 is 1.86 bits per heavy atom. The number of aromatic hydroxyl groups is 1.